The summed E-state index contributed by atoms with van der Waals surface area (Å²) in [6.45, 7) is 36.6. The van der Waals surface area contributed by atoms with Crippen LogP contribution in [0.3, 0.4) is 0 Å². The molecule has 1 atom stereocenters. The molecule has 24 nitrogen and oxygen atoms in total. The Hall–Kier alpha value is -9.74. The number of nitrogens with two attached hydrogens (primary N) is 1. The third kappa shape index (κ3) is 31.2. The Labute approximate surface area is 610 Å². The Morgan fingerprint density at radius 1 is 0.602 bits per heavy atom. The number of benzene rings is 5. The van der Waals surface area contributed by atoms with Gasteiger partial charge in [-0.1, -0.05) is 178 Å². The average Bonchev–Trinajstić information content (AvgIpc) is 1.73. The summed E-state index contributed by atoms with van der Waals surface area (Å²) >= 11 is 5.11. The van der Waals surface area contributed by atoms with Crippen LogP contribution in [0.1, 0.15) is 113 Å². The molecule has 3 heterocycles. The smallest absolute Gasteiger partial charge is 0.343 e. The summed E-state index contributed by atoms with van der Waals surface area (Å²) in [4.78, 5) is 133. The number of aromatic nitrogens is 1. The first-order valence-electron chi connectivity index (χ1n) is 32.7. The summed E-state index contributed by atoms with van der Waals surface area (Å²) in [7, 11) is -6.18. The number of nitrogens with zero attached hydrogens (tertiary/aromatic N) is 4. The van der Waals surface area contributed by atoms with Crippen LogP contribution in [0.15, 0.2) is 132 Å². The number of para-hydroxylation sites is 5. The molecule has 1 amide bonds. The van der Waals surface area contributed by atoms with E-state index in [0.717, 1.165) is 18.2 Å². The molecule has 0 bridgehead atoms. The van der Waals surface area contributed by atoms with Crippen molar-refractivity contribution in [2.75, 3.05) is 11.1 Å². The Morgan fingerprint density at radius 2 is 1.00 bits per heavy atom. The van der Waals surface area contributed by atoms with E-state index in [0.29, 0.717) is 41.9 Å². The van der Waals surface area contributed by atoms with E-state index in [4.69, 9.17) is 27.2 Å². The molecule has 30 heteroatoms. The summed E-state index contributed by atoms with van der Waals surface area (Å²) in [5, 5.41) is 52.1. The van der Waals surface area contributed by atoms with Crippen molar-refractivity contribution in [2.45, 2.75) is 169 Å². The van der Waals surface area contributed by atoms with Gasteiger partial charge in [0, 0.05) is 89.5 Å². The quantitative estimate of drug-likeness (QED) is 0.0102. The number of aromatic carboxylic acids is 1. The van der Waals surface area contributed by atoms with Gasteiger partial charge in [0.25, 0.3) is 27.9 Å². The molecule has 8 rings (SSSR count). The van der Waals surface area contributed by atoms with Crippen molar-refractivity contribution in [3.05, 3.63) is 213 Å². The second kappa shape index (κ2) is 39.6. The number of fused-ring (bicyclic) bond motifs is 2. The van der Waals surface area contributed by atoms with Gasteiger partial charge in [-0.2, -0.15) is 0 Å². The second-order valence-electron chi connectivity index (χ2n) is 29.1. The zero-order valence-electron chi connectivity index (χ0n) is 61.5. The molecule has 103 heavy (non-hydrogen) atoms. The summed E-state index contributed by atoms with van der Waals surface area (Å²) in [5.74, 6) is -0.0444. The number of rotatable bonds is 16. The van der Waals surface area contributed by atoms with Crippen LogP contribution in [0.2, 0.25) is 110 Å². The number of nitrogen functional groups attached to an aromatic ring is 1. The zero-order chi connectivity index (χ0) is 78.8. The average molecular weight is 1520 g/mol. The van der Waals surface area contributed by atoms with E-state index in [-0.39, 0.29) is 98.8 Å². The molecule has 0 fully saturated rings. The monoisotopic (exact) mass is 1520 g/mol. The lowest BCUT2D eigenvalue weighted by Crippen LogP contribution is -2.44. The van der Waals surface area contributed by atoms with Crippen LogP contribution in [-0.4, -0.2) is 116 Å². The van der Waals surface area contributed by atoms with Gasteiger partial charge in [-0.15, -0.1) is 16.6 Å². The van der Waals surface area contributed by atoms with Gasteiger partial charge in [0.15, 0.2) is 23.0 Å². The number of pyridine rings is 1. The molecule has 5 aromatic carbocycles. The lowest BCUT2D eigenvalue weighted by Gasteiger charge is -2.31. The normalized spacial score (nSPS) is 13.3. The van der Waals surface area contributed by atoms with Crippen LogP contribution in [0.25, 0.3) is 0 Å². The number of nitro groups is 3. The maximum absolute atomic E-state index is 12.3. The van der Waals surface area contributed by atoms with Crippen molar-refractivity contribution >= 4 is 127 Å². The SMILES string of the molecule is CC(=O)Nc1ccccc1C(=O)CC[Si](C)(C)C.CC[C@@]1(O)C(=O)OCc2c1cc1n(c2=O)CCC1=O.C[Si](C)(C)C#CC(=O)c1ccccc1[N+](=O)[O-].C[Si](C)(C)C#C[Si](C)(C)C.C[Si](C)(C)CCC(=O)c1ccccc1N.O=C(Cl)c1ccccc1[N+](=O)[O-].O=C(O)c1ccccc1[N+](=O)[O-]. The number of aliphatic hydroxyl groups is 1. The van der Waals surface area contributed by atoms with E-state index < -0.39 is 83.7 Å². The molecule has 0 saturated heterocycles. The number of esters is 1. The Balaban J connectivity index is 0.000000413. The molecule has 0 saturated carbocycles. The standard InChI is InChI=1S/C14H21NO2Si.C13H13NO5.C12H13NO3Si.C12H19NOSi.C8H18Si2.C7H4ClNO3.C7H5NO4/c1-11(16)15-13-8-6-5-7-12(13)14(17)9-10-18(2,3)4;1-2-13(18)8-5-9-10(15)3-4-14(9)11(16)7(8)6-19-12(13)17;1-17(2,3)9-8-12(14)10-6-4-5-7-11(10)13(15)16;1-15(2,3)9-8-12(14)10-6-4-5-7-11(10)13;1-9(2,3)7-8-10(4,5)6;8-7(10)5-3-1-2-4-6(5)9(11)12;9-7(10)5-3-1-2-4-6(5)8(11)12/h5-8H,9-10H2,1-4H3,(H,15,16);5,18H,2-4,6H2,1H3;4-7H,1-3H3;4-7H,8-9,13H2,1-3H3;1-6H3;1-4H;1-4H,(H,9,10)/t;13-;;;;;/m.0...../s1. The molecule has 2 aliphatic rings. The number of carboxylic acids is 1. The highest BCUT2D eigenvalue weighted by molar-refractivity contribution is 6.89. The Bertz CT molecular complexity index is 4180. The number of cyclic esters (lactones) is 1. The highest BCUT2D eigenvalue weighted by atomic mass is 35.5. The van der Waals surface area contributed by atoms with Gasteiger partial charge in [-0.3, -0.25) is 63.9 Å². The third-order valence-corrected chi connectivity index (χ3v) is 20.8. The number of ketones is 4. The molecule has 1 aromatic heterocycles. The van der Waals surface area contributed by atoms with Crippen molar-refractivity contribution in [1.82, 2.24) is 4.57 Å². The summed E-state index contributed by atoms with van der Waals surface area (Å²) in [5.41, 5.74) is 15.4. The fourth-order valence-corrected chi connectivity index (χ4v) is 14.4. The maximum Gasteiger partial charge on any atom is 0.343 e. The van der Waals surface area contributed by atoms with Crippen LogP contribution < -0.4 is 16.6 Å². The number of amides is 1. The topological polar surface area (TPSA) is 376 Å². The number of ether oxygens (including phenoxy) is 1. The van der Waals surface area contributed by atoms with Crippen LogP contribution in [0, 0.1) is 52.9 Å². The molecular formula is C73H93ClN6O18Si5. The van der Waals surface area contributed by atoms with Gasteiger partial charge in [0.2, 0.25) is 11.7 Å². The van der Waals surface area contributed by atoms with E-state index in [1.54, 1.807) is 31.2 Å². The van der Waals surface area contributed by atoms with Gasteiger partial charge in [0.05, 0.1) is 31.7 Å². The largest absolute Gasteiger partial charge is 0.477 e. The molecule has 0 spiro atoms. The predicted molar refractivity (Wildman–Crippen MR) is 416 cm³/mol. The zero-order valence-corrected chi connectivity index (χ0v) is 67.2. The number of nitrogens with one attached hydrogen (secondary N) is 1. The minimum absolute atomic E-state index is 0.0586. The van der Waals surface area contributed by atoms with Crippen LogP contribution in [-0.2, 0) is 33.1 Å². The molecule has 0 radical (unpaired) electrons. The fraction of sp³-hybridized carbons (Fsp3) is 0.356. The van der Waals surface area contributed by atoms with Gasteiger partial charge in [-0.05, 0) is 72.5 Å². The number of anilines is 2. The number of carbonyl (C=O) groups is 8. The molecule has 0 aliphatic carbocycles. The molecule has 2 aliphatic heterocycles. The molecule has 6 aromatic rings. The first-order chi connectivity index (χ1) is 47.4. The van der Waals surface area contributed by atoms with Crippen molar-refractivity contribution in [3.63, 3.8) is 0 Å². The lowest BCUT2D eigenvalue weighted by molar-refractivity contribution is -0.385. The number of Topliss-reactive ketones (excluding diaryl/α,β-unsaturated/α-hetero) is 4. The highest BCUT2D eigenvalue weighted by Crippen LogP contribution is 2.34. The van der Waals surface area contributed by atoms with Crippen LogP contribution in [0.4, 0.5) is 28.4 Å². The molecule has 0 unspecified atom stereocenters. The third-order valence-electron chi connectivity index (χ3n) is 14.2. The second-order valence-corrected chi connectivity index (χ2v) is 54.9. The molecule has 550 valence electrons. The Kier molecular flexibility index (Phi) is 34.4. The lowest BCUT2D eigenvalue weighted by atomic mass is 9.86. The summed E-state index contributed by atoms with van der Waals surface area (Å²) < 4.78 is 6.28. The first kappa shape index (κ1) is 89.3. The fourth-order valence-electron chi connectivity index (χ4n) is 8.84. The van der Waals surface area contributed by atoms with E-state index in [9.17, 15) is 78.6 Å². The number of carboxylic acid groups (broad SMARTS) is 1. The van der Waals surface area contributed by atoms with E-state index >= 15 is 0 Å². The number of carbonyl (C=O) groups excluding carboxylic acids is 7. The number of hydrogen-bond acceptors (Lipinski definition) is 18. The van der Waals surface area contributed by atoms with E-state index in [1.165, 1.54) is 78.2 Å². The minimum atomic E-state index is -1.83. The van der Waals surface area contributed by atoms with Crippen molar-refractivity contribution in [3.8, 4) is 22.6 Å². The summed E-state index contributed by atoms with van der Waals surface area (Å²) in [6.07, 6.45) is 1.56. The van der Waals surface area contributed by atoms with Gasteiger partial charge in [0.1, 0.15) is 47.5 Å². The number of nitro benzene ring substituents is 3. The van der Waals surface area contributed by atoms with Gasteiger partial charge in [-0.25, -0.2) is 9.59 Å². The highest BCUT2D eigenvalue weighted by Gasteiger charge is 2.45. The first-order valence-corrected chi connectivity index (χ1v) is 51.0. The minimum Gasteiger partial charge on any atom is -0.477 e. The van der Waals surface area contributed by atoms with Crippen molar-refractivity contribution < 1.29 is 68.1 Å². The van der Waals surface area contributed by atoms with E-state index in [1.807, 2.05) is 50.0 Å². The molecule has 5 N–H and O–H groups in total. The van der Waals surface area contributed by atoms with E-state index in [2.05, 4.69) is 106 Å². The number of hydrogen-bond donors (Lipinski definition) is 4. The predicted octanol–water partition coefficient (Wildman–Crippen LogP) is 15.5. The van der Waals surface area contributed by atoms with Gasteiger partial charge >= 0.3 is 11.9 Å². The molecular weight excluding hydrogens is 1420 g/mol. The Morgan fingerprint density at radius 3 is 1.40 bits per heavy atom. The summed E-state index contributed by atoms with van der Waals surface area (Å²) in [6, 6.07) is 34.6. The van der Waals surface area contributed by atoms with Crippen molar-refractivity contribution in [2.24, 2.45) is 0 Å². The van der Waals surface area contributed by atoms with Crippen LogP contribution >= 0.6 is 11.6 Å². The van der Waals surface area contributed by atoms with Crippen molar-refractivity contribution in [1.29, 1.82) is 0 Å². The van der Waals surface area contributed by atoms with Gasteiger partial charge < -0.3 is 30.6 Å². The van der Waals surface area contributed by atoms with Crippen LogP contribution in [0.5, 0.6) is 0 Å². The maximum atomic E-state index is 12.3. The number of halogens is 1.